The highest BCUT2D eigenvalue weighted by atomic mass is 16.5. The van der Waals surface area contributed by atoms with Crippen molar-refractivity contribution in [2.45, 2.75) is 25.4 Å². The third-order valence-electron chi connectivity index (χ3n) is 3.47. The summed E-state index contributed by atoms with van der Waals surface area (Å²) in [7, 11) is 0. The predicted molar refractivity (Wildman–Crippen MR) is 73.9 cm³/mol. The minimum Gasteiger partial charge on any atom is -0.397 e. The van der Waals surface area contributed by atoms with Gasteiger partial charge in [0.05, 0.1) is 18.0 Å². The second kappa shape index (κ2) is 5.59. The van der Waals surface area contributed by atoms with E-state index in [9.17, 15) is 9.90 Å². The average Bonchev–Trinajstić information content (AvgIpc) is 2.84. The van der Waals surface area contributed by atoms with Gasteiger partial charge in [-0.2, -0.15) is 0 Å². The number of benzene rings is 1. The molecule has 19 heavy (non-hydrogen) atoms. The molecule has 1 unspecified atom stereocenters. The minimum atomic E-state index is -0.808. The zero-order valence-corrected chi connectivity index (χ0v) is 11.1. The zero-order valence-electron chi connectivity index (χ0n) is 11.1. The molecule has 5 nitrogen and oxygen atoms in total. The van der Waals surface area contributed by atoms with Crippen molar-refractivity contribution in [3.8, 4) is 0 Å². The lowest BCUT2D eigenvalue weighted by atomic mass is 10.0. The number of carbonyl (C=O) groups is 1. The molecule has 1 amide bonds. The number of ether oxygens (including phenoxy) is 1. The summed E-state index contributed by atoms with van der Waals surface area (Å²) in [4.78, 5) is 14.2. The summed E-state index contributed by atoms with van der Waals surface area (Å²) < 4.78 is 5.58. The maximum absolute atomic E-state index is 12.6. The quantitative estimate of drug-likeness (QED) is 0.800. The zero-order chi connectivity index (χ0) is 13.9. The van der Waals surface area contributed by atoms with Gasteiger partial charge in [0.2, 0.25) is 0 Å². The molecule has 0 bridgehead atoms. The monoisotopic (exact) mass is 264 g/mol. The Morgan fingerprint density at radius 2 is 2.26 bits per heavy atom. The van der Waals surface area contributed by atoms with Gasteiger partial charge in [-0.05, 0) is 31.9 Å². The molecule has 0 aliphatic carbocycles. The molecule has 1 aromatic carbocycles. The first-order valence-electron chi connectivity index (χ1n) is 6.50. The van der Waals surface area contributed by atoms with Crippen molar-refractivity contribution in [1.29, 1.82) is 0 Å². The second-order valence-electron chi connectivity index (χ2n) is 4.92. The summed E-state index contributed by atoms with van der Waals surface area (Å²) in [6.07, 6.45) is 1.57. The first-order chi connectivity index (χ1) is 9.08. The number of nitrogens with two attached hydrogens (primary N) is 1. The molecule has 0 saturated carbocycles. The number of aliphatic hydroxyl groups is 1. The first kappa shape index (κ1) is 13.8. The Hall–Kier alpha value is -1.59. The first-order valence-corrected chi connectivity index (χ1v) is 6.50. The van der Waals surface area contributed by atoms with Crippen molar-refractivity contribution in [3.63, 3.8) is 0 Å². The van der Waals surface area contributed by atoms with Crippen molar-refractivity contribution >= 4 is 17.3 Å². The molecule has 1 aliphatic heterocycles. The molecule has 0 radical (unpaired) electrons. The number of aliphatic hydroxyl groups excluding tert-OH is 1. The third kappa shape index (κ3) is 2.72. The highest BCUT2D eigenvalue weighted by Crippen LogP contribution is 2.31. The Bertz CT molecular complexity index is 456. The van der Waals surface area contributed by atoms with Crippen LogP contribution >= 0.6 is 0 Å². The summed E-state index contributed by atoms with van der Waals surface area (Å²) in [5, 5.41) is 9.19. The van der Waals surface area contributed by atoms with Crippen LogP contribution in [0.3, 0.4) is 0 Å². The van der Waals surface area contributed by atoms with Gasteiger partial charge >= 0.3 is 0 Å². The fourth-order valence-electron chi connectivity index (χ4n) is 2.40. The van der Waals surface area contributed by atoms with Crippen LogP contribution in [0.4, 0.5) is 11.4 Å². The summed E-state index contributed by atoms with van der Waals surface area (Å²) in [5.74, 6) is -0.142. The number of rotatable bonds is 4. The Kier molecular flexibility index (Phi) is 4.07. The SMILES string of the molecule is CC1(C(=O)N(CCO)c2ccccc2N)CCCO1. The van der Waals surface area contributed by atoms with Gasteiger partial charge in [-0.1, -0.05) is 12.1 Å². The molecule has 1 saturated heterocycles. The Labute approximate surface area is 113 Å². The predicted octanol–water partition coefficient (Wildman–Crippen LogP) is 1.16. The molecule has 1 aromatic rings. The lowest BCUT2D eigenvalue weighted by Gasteiger charge is -2.31. The number of hydrogen-bond acceptors (Lipinski definition) is 4. The number of nitrogen functional groups attached to an aromatic ring is 1. The maximum Gasteiger partial charge on any atom is 0.259 e. The largest absolute Gasteiger partial charge is 0.397 e. The fourth-order valence-corrected chi connectivity index (χ4v) is 2.40. The van der Waals surface area contributed by atoms with Gasteiger partial charge in [0.1, 0.15) is 5.60 Å². The second-order valence-corrected chi connectivity index (χ2v) is 4.92. The van der Waals surface area contributed by atoms with Crippen LogP contribution in [0, 0.1) is 0 Å². The number of anilines is 2. The van der Waals surface area contributed by atoms with Crippen molar-refractivity contribution < 1.29 is 14.6 Å². The molecule has 1 heterocycles. The Morgan fingerprint density at radius 3 is 2.84 bits per heavy atom. The third-order valence-corrected chi connectivity index (χ3v) is 3.47. The lowest BCUT2D eigenvalue weighted by Crippen LogP contribution is -2.48. The Morgan fingerprint density at radius 1 is 1.53 bits per heavy atom. The van der Waals surface area contributed by atoms with Crippen LogP contribution in [-0.2, 0) is 9.53 Å². The van der Waals surface area contributed by atoms with Gasteiger partial charge in [-0.25, -0.2) is 0 Å². The van der Waals surface area contributed by atoms with E-state index in [0.717, 1.165) is 6.42 Å². The molecule has 1 atom stereocenters. The molecule has 0 aromatic heterocycles. The average molecular weight is 264 g/mol. The van der Waals surface area contributed by atoms with Crippen LogP contribution in [0.2, 0.25) is 0 Å². The van der Waals surface area contributed by atoms with Crippen molar-refractivity contribution in [2.24, 2.45) is 0 Å². The van der Waals surface area contributed by atoms with Crippen LogP contribution in [0.5, 0.6) is 0 Å². The molecule has 104 valence electrons. The smallest absolute Gasteiger partial charge is 0.259 e. The van der Waals surface area contributed by atoms with E-state index in [-0.39, 0.29) is 19.1 Å². The van der Waals surface area contributed by atoms with Gasteiger partial charge in [-0.3, -0.25) is 4.79 Å². The van der Waals surface area contributed by atoms with Gasteiger partial charge in [0, 0.05) is 13.2 Å². The molecule has 3 N–H and O–H groups in total. The van der Waals surface area contributed by atoms with Crippen LogP contribution in [0.1, 0.15) is 19.8 Å². The molecule has 0 spiro atoms. The Balaban J connectivity index is 2.30. The fraction of sp³-hybridized carbons (Fsp3) is 0.500. The standard InChI is InChI=1S/C14H20N2O3/c1-14(7-4-10-19-14)13(18)16(8-9-17)12-6-3-2-5-11(12)15/h2-3,5-6,17H,4,7-10,15H2,1H3. The summed E-state index contributed by atoms with van der Waals surface area (Å²) >= 11 is 0. The summed E-state index contributed by atoms with van der Waals surface area (Å²) in [5.41, 5.74) is 6.25. The van der Waals surface area contributed by atoms with E-state index < -0.39 is 5.60 Å². The summed E-state index contributed by atoms with van der Waals surface area (Å²) in [6.45, 7) is 2.49. The van der Waals surface area contributed by atoms with E-state index in [2.05, 4.69) is 0 Å². The van der Waals surface area contributed by atoms with E-state index in [4.69, 9.17) is 10.5 Å². The van der Waals surface area contributed by atoms with E-state index in [0.29, 0.717) is 24.4 Å². The minimum absolute atomic E-state index is 0.115. The number of nitrogens with zero attached hydrogens (tertiary/aromatic N) is 1. The summed E-state index contributed by atoms with van der Waals surface area (Å²) in [6, 6.07) is 7.15. The van der Waals surface area contributed by atoms with Crippen molar-refractivity contribution in [1.82, 2.24) is 0 Å². The maximum atomic E-state index is 12.6. The topological polar surface area (TPSA) is 75.8 Å². The van der Waals surface area contributed by atoms with Gasteiger partial charge < -0.3 is 20.5 Å². The van der Waals surface area contributed by atoms with E-state index in [1.165, 1.54) is 4.90 Å². The van der Waals surface area contributed by atoms with Crippen molar-refractivity contribution in [3.05, 3.63) is 24.3 Å². The molecule has 1 aliphatic rings. The number of carbonyl (C=O) groups excluding carboxylic acids is 1. The number of amides is 1. The molecular weight excluding hydrogens is 244 g/mol. The van der Waals surface area contributed by atoms with E-state index in [1.54, 1.807) is 19.1 Å². The van der Waals surface area contributed by atoms with Crippen molar-refractivity contribution in [2.75, 3.05) is 30.4 Å². The normalized spacial score (nSPS) is 22.4. The number of para-hydroxylation sites is 2. The molecule has 1 fully saturated rings. The van der Waals surface area contributed by atoms with Crippen LogP contribution in [0.25, 0.3) is 0 Å². The van der Waals surface area contributed by atoms with Crippen LogP contribution < -0.4 is 10.6 Å². The molecule has 5 heteroatoms. The molecule has 2 rings (SSSR count). The molecular formula is C14H20N2O3. The van der Waals surface area contributed by atoms with E-state index >= 15 is 0 Å². The van der Waals surface area contributed by atoms with Gasteiger partial charge in [0.15, 0.2) is 0 Å². The lowest BCUT2D eigenvalue weighted by molar-refractivity contribution is -0.136. The highest BCUT2D eigenvalue weighted by Gasteiger charge is 2.41. The van der Waals surface area contributed by atoms with Crippen LogP contribution in [-0.4, -0.2) is 36.4 Å². The van der Waals surface area contributed by atoms with Gasteiger partial charge in [-0.15, -0.1) is 0 Å². The van der Waals surface area contributed by atoms with Crippen LogP contribution in [0.15, 0.2) is 24.3 Å². The number of hydrogen-bond donors (Lipinski definition) is 2. The highest BCUT2D eigenvalue weighted by molar-refractivity contribution is 6.01. The van der Waals surface area contributed by atoms with E-state index in [1.807, 2.05) is 12.1 Å². The van der Waals surface area contributed by atoms with Gasteiger partial charge in [0.25, 0.3) is 5.91 Å².